The zero-order valence-electron chi connectivity index (χ0n) is 16.8. The van der Waals surface area contributed by atoms with Gasteiger partial charge in [0.1, 0.15) is 11.6 Å². The lowest BCUT2D eigenvalue weighted by Gasteiger charge is -2.28. The number of rotatable bonds is 6. The fourth-order valence-electron chi connectivity index (χ4n) is 4.24. The summed E-state index contributed by atoms with van der Waals surface area (Å²) in [5.74, 6) is 0.943. The molecule has 0 saturated carbocycles. The minimum absolute atomic E-state index is 0.0381. The number of aromatic nitrogens is 1. The molecule has 1 aromatic carbocycles. The highest BCUT2D eigenvalue weighted by molar-refractivity contribution is 5.72. The molecule has 1 N–H and O–H groups in total. The zero-order valence-corrected chi connectivity index (χ0v) is 16.8. The van der Waals surface area contributed by atoms with Crippen molar-refractivity contribution in [3.05, 3.63) is 45.6 Å². The van der Waals surface area contributed by atoms with E-state index in [4.69, 9.17) is 9.47 Å². The topological polar surface area (TPSA) is 52.5 Å². The SMILES string of the molecule is CCc1c2n(c(NCC3CCCO3)cc1=O)CCc1cc(OCC(F)(F)F)ccc1-2. The van der Waals surface area contributed by atoms with Crippen LogP contribution in [0.3, 0.4) is 0 Å². The number of pyridine rings is 1. The van der Waals surface area contributed by atoms with Crippen LogP contribution in [0.15, 0.2) is 29.1 Å². The summed E-state index contributed by atoms with van der Waals surface area (Å²) in [7, 11) is 0. The van der Waals surface area contributed by atoms with Crippen LogP contribution in [0.25, 0.3) is 11.3 Å². The van der Waals surface area contributed by atoms with Crippen LogP contribution in [0.4, 0.5) is 19.0 Å². The fourth-order valence-corrected chi connectivity index (χ4v) is 4.24. The summed E-state index contributed by atoms with van der Waals surface area (Å²) in [6, 6.07) is 6.59. The lowest BCUT2D eigenvalue weighted by molar-refractivity contribution is -0.153. The Bertz CT molecular complexity index is 979. The van der Waals surface area contributed by atoms with Gasteiger partial charge in [-0.3, -0.25) is 4.79 Å². The molecule has 4 rings (SSSR count). The quantitative estimate of drug-likeness (QED) is 0.760. The number of nitrogens with one attached hydrogen (secondary N) is 1. The van der Waals surface area contributed by atoms with Gasteiger partial charge in [0.15, 0.2) is 12.0 Å². The van der Waals surface area contributed by atoms with Gasteiger partial charge in [-0.25, -0.2) is 0 Å². The average molecular weight is 422 g/mol. The molecule has 1 aromatic heterocycles. The molecule has 5 nitrogen and oxygen atoms in total. The molecule has 162 valence electrons. The van der Waals surface area contributed by atoms with Crippen molar-refractivity contribution in [2.24, 2.45) is 0 Å². The minimum Gasteiger partial charge on any atom is -0.484 e. The van der Waals surface area contributed by atoms with Crippen molar-refractivity contribution < 1.29 is 22.6 Å². The molecule has 30 heavy (non-hydrogen) atoms. The van der Waals surface area contributed by atoms with Gasteiger partial charge in [0.05, 0.1) is 11.8 Å². The number of hydrogen-bond donors (Lipinski definition) is 1. The van der Waals surface area contributed by atoms with Crippen molar-refractivity contribution in [2.45, 2.75) is 51.4 Å². The first-order valence-corrected chi connectivity index (χ1v) is 10.3. The smallest absolute Gasteiger partial charge is 0.422 e. The Kier molecular flexibility index (Phi) is 5.77. The summed E-state index contributed by atoms with van der Waals surface area (Å²) in [4.78, 5) is 12.8. The fraction of sp³-hybridized carbons (Fsp3) is 0.500. The van der Waals surface area contributed by atoms with Crippen LogP contribution >= 0.6 is 0 Å². The average Bonchev–Trinajstić information content (AvgIpc) is 3.23. The second-order valence-corrected chi connectivity index (χ2v) is 7.71. The molecule has 2 aliphatic heterocycles. The molecule has 0 bridgehead atoms. The second-order valence-electron chi connectivity index (χ2n) is 7.71. The monoisotopic (exact) mass is 422 g/mol. The van der Waals surface area contributed by atoms with Crippen molar-refractivity contribution in [3.63, 3.8) is 0 Å². The predicted molar refractivity (Wildman–Crippen MR) is 108 cm³/mol. The van der Waals surface area contributed by atoms with Gasteiger partial charge in [-0.2, -0.15) is 13.2 Å². The Hall–Kier alpha value is -2.48. The van der Waals surface area contributed by atoms with Gasteiger partial charge in [0.2, 0.25) is 0 Å². The molecule has 0 radical (unpaired) electrons. The number of ether oxygens (including phenoxy) is 2. The molecule has 1 unspecified atom stereocenters. The van der Waals surface area contributed by atoms with Gasteiger partial charge in [0.25, 0.3) is 0 Å². The highest BCUT2D eigenvalue weighted by Crippen LogP contribution is 2.36. The summed E-state index contributed by atoms with van der Waals surface area (Å²) in [6.45, 7) is 2.66. The number of alkyl halides is 3. The molecular formula is C22H25F3N2O3. The number of nitrogens with zero attached hydrogens (tertiary/aromatic N) is 1. The summed E-state index contributed by atoms with van der Waals surface area (Å²) in [6.07, 6.45) is -0.967. The van der Waals surface area contributed by atoms with Gasteiger partial charge >= 0.3 is 6.18 Å². The third-order valence-electron chi connectivity index (χ3n) is 5.64. The van der Waals surface area contributed by atoms with E-state index in [1.54, 1.807) is 18.2 Å². The summed E-state index contributed by atoms with van der Waals surface area (Å²) in [5, 5.41) is 3.37. The lowest BCUT2D eigenvalue weighted by atomic mass is 9.93. The molecule has 8 heteroatoms. The minimum atomic E-state index is -4.38. The molecular weight excluding hydrogens is 397 g/mol. The molecule has 0 spiro atoms. The normalized spacial score (nSPS) is 18.1. The maximum Gasteiger partial charge on any atom is 0.422 e. The third-order valence-corrected chi connectivity index (χ3v) is 5.64. The van der Waals surface area contributed by atoms with E-state index in [1.165, 1.54) is 6.07 Å². The number of hydrogen-bond acceptors (Lipinski definition) is 4. The van der Waals surface area contributed by atoms with Crippen molar-refractivity contribution >= 4 is 5.82 Å². The number of halogens is 3. The molecule has 2 aliphatic rings. The Morgan fingerprint density at radius 3 is 2.83 bits per heavy atom. The Labute approximate surface area is 172 Å². The number of anilines is 1. The highest BCUT2D eigenvalue weighted by Gasteiger charge is 2.29. The standard InChI is InChI=1S/C22H25F3N2O3/c1-2-17-19(28)11-20(26-12-16-4-3-9-29-16)27-8-7-14-10-15(30-13-22(23,24)25)5-6-18(14)21(17)27/h5-6,10-11,16,26H,2-4,7-9,12-13H2,1H3. The van der Waals surface area contributed by atoms with Crippen molar-refractivity contribution in [2.75, 3.05) is 25.1 Å². The van der Waals surface area contributed by atoms with Crippen molar-refractivity contribution in [1.29, 1.82) is 0 Å². The van der Waals surface area contributed by atoms with Crippen molar-refractivity contribution in [1.82, 2.24) is 4.57 Å². The maximum atomic E-state index is 12.8. The van der Waals surface area contributed by atoms with Gasteiger partial charge in [-0.1, -0.05) is 6.92 Å². The van der Waals surface area contributed by atoms with Crippen LogP contribution in [-0.4, -0.2) is 36.6 Å². The summed E-state index contributed by atoms with van der Waals surface area (Å²) < 4.78 is 50.1. The molecule has 0 amide bonds. The van der Waals surface area contributed by atoms with Crippen LogP contribution in [0, 0.1) is 0 Å². The van der Waals surface area contributed by atoms with Crippen LogP contribution in [0.1, 0.15) is 30.9 Å². The Morgan fingerprint density at radius 2 is 2.13 bits per heavy atom. The van der Waals surface area contributed by atoms with E-state index in [-0.39, 0.29) is 17.3 Å². The first-order valence-electron chi connectivity index (χ1n) is 10.3. The molecule has 3 heterocycles. The lowest BCUT2D eigenvalue weighted by Crippen LogP contribution is -2.27. The van der Waals surface area contributed by atoms with E-state index in [2.05, 4.69) is 9.88 Å². The van der Waals surface area contributed by atoms with Crippen LogP contribution in [0.2, 0.25) is 0 Å². The zero-order chi connectivity index (χ0) is 21.3. The largest absolute Gasteiger partial charge is 0.484 e. The summed E-state index contributed by atoms with van der Waals surface area (Å²) in [5.41, 5.74) is 3.27. The van der Waals surface area contributed by atoms with Crippen LogP contribution < -0.4 is 15.5 Å². The number of fused-ring (bicyclic) bond motifs is 3. The Morgan fingerprint density at radius 1 is 1.30 bits per heavy atom. The van der Waals surface area contributed by atoms with Gasteiger partial charge < -0.3 is 19.4 Å². The molecule has 2 aromatic rings. The maximum absolute atomic E-state index is 12.8. The van der Waals surface area contributed by atoms with E-state index in [0.29, 0.717) is 31.5 Å². The Balaban J connectivity index is 1.67. The first-order chi connectivity index (χ1) is 14.4. The van der Waals surface area contributed by atoms with E-state index < -0.39 is 12.8 Å². The van der Waals surface area contributed by atoms with E-state index >= 15 is 0 Å². The van der Waals surface area contributed by atoms with Gasteiger partial charge in [-0.15, -0.1) is 0 Å². The molecule has 0 aliphatic carbocycles. The van der Waals surface area contributed by atoms with E-state index in [1.807, 2.05) is 6.92 Å². The summed E-state index contributed by atoms with van der Waals surface area (Å²) >= 11 is 0. The second kappa shape index (κ2) is 8.34. The molecule has 1 atom stereocenters. The van der Waals surface area contributed by atoms with Gasteiger partial charge in [-0.05, 0) is 49.4 Å². The predicted octanol–water partition coefficient (Wildman–Crippen LogP) is 4.17. The molecule has 1 fully saturated rings. The van der Waals surface area contributed by atoms with Crippen LogP contribution in [-0.2, 0) is 24.1 Å². The van der Waals surface area contributed by atoms with E-state index in [9.17, 15) is 18.0 Å². The highest BCUT2D eigenvalue weighted by atomic mass is 19.4. The van der Waals surface area contributed by atoms with Gasteiger partial charge in [0, 0.05) is 36.9 Å². The molecule has 1 saturated heterocycles. The van der Waals surface area contributed by atoms with Crippen LogP contribution in [0.5, 0.6) is 5.75 Å². The number of aryl methyl sites for hydroxylation is 1. The first kappa shape index (κ1) is 20.8. The van der Waals surface area contributed by atoms with E-state index in [0.717, 1.165) is 42.1 Å². The number of benzene rings is 1. The van der Waals surface area contributed by atoms with Crippen molar-refractivity contribution in [3.8, 4) is 17.0 Å². The third kappa shape index (κ3) is 4.33.